The molecule has 0 radical (unpaired) electrons. The van der Waals surface area contributed by atoms with E-state index in [0.717, 1.165) is 56.2 Å². The molecule has 1 heterocycles. The predicted octanol–water partition coefficient (Wildman–Crippen LogP) is 3.37. The average molecular weight is 340 g/mol. The van der Waals surface area contributed by atoms with E-state index in [0.29, 0.717) is 6.10 Å². The normalized spacial score (nSPS) is 19.2. The molecule has 4 nitrogen and oxygen atoms in total. The molecule has 0 aliphatic carbocycles. The summed E-state index contributed by atoms with van der Waals surface area (Å²) < 4.78 is 24.5. The second-order valence-electron chi connectivity index (χ2n) is 4.72. The van der Waals surface area contributed by atoms with Gasteiger partial charge in [0, 0.05) is 0 Å². The maximum atomic E-state index is 6.07. The second kappa shape index (κ2) is 9.60. The molecule has 1 aliphatic rings. The van der Waals surface area contributed by atoms with Crippen molar-refractivity contribution in [1.82, 2.24) is 0 Å². The molecule has 0 bridgehead atoms. The van der Waals surface area contributed by atoms with Gasteiger partial charge in [-0.3, -0.25) is 0 Å². The van der Waals surface area contributed by atoms with Crippen molar-refractivity contribution < 1.29 is 34.8 Å². The summed E-state index contributed by atoms with van der Waals surface area (Å²) in [4.78, 5) is 0. The van der Waals surface area contributed by atoms with Crippen molar-refractivity contribution in [2.24, 2.45) is 0 Å². The van der Waals surface area contributed by atoms with Gasteiger partial charge in [-0.15, -0.1) is 0 Å². The summed E-state index contributed by atoms with van der Waals surface area (Å²) >= 11 is -3.28. The topological polar surface area (TPSA) is 40.2 Å². The molecule has 1 rings (SSSR count). The molecular weight excluding hydrogens is 311 g/mol. The van der Waals surface area contributed by atoms with Gasteiger partial charge in [0.25, 0.3) is 0 Å². The minimum absolute atomic E-state index is 0.432. The summed E-state index contributed by atoms with van der Waals surface area (Å²) in [5, 5.41) is 0. The van der Waals surface area contributed by atoms with Crippen LogP contribution in [0.25, 0.3) is 0 Å². The molecule has 108 valence electrons. The Morgan fingerprint density at radius 2 is 1.39 bits per heavy atom. The summed E-state index contributed by atoms with van der Waals surface area (Å²) in [6.45, 7) is 9.55. The molecule has 0 aromatic carbocycles. The van der Waals surface area contributed by atoms with Crippen LogP contribution in [0.1, 0.15) is 46.5 Å². The van der Waals surface area contributed by atoms with Crippen LogP contribution in [0.5, 0.6) is 0 Å². The van der Waals surface area contributed by atoms with E-state index in [1.54, 1.807) is 0 Å². The molecule has 5 heteroatoms. The minimum atomic E-state index is -3.28. The van der Waals surface area contributed by atoms with Gasteiger partial charge in [-0.2, -0.15) is 0 Å². The van der Waals surface area contributed by atoms with Gasteiger partial charge >= 0.3 is 118 Å². The van der Waals surface area contributed by atoms with E-state index in [2.05, 4.69) is 20.8 Å². The molecule has 0 saturated carbocycles. The van der Waals surface area contributed by atoms with E-state index < -0.39 is 21.6 Å². The number of ether oxygens (including phenoxy) is 1. The van der Waals surface area contributed by atoms with Crippen molar-refractivity contribution in [2.45, 2.75) is 56.7 Å². The summed E-state index contributed by atoms with van der Waals surface area (Å²) in [5.41, 5.74) is 0. The Balaban J connectivity index is 2.49. The molecule has 1 fully saturated rings. The van der Waals surface area contributed by atoms with Crippen molar-refractivity contribution in [3.63, 3.8) is 0 Å². The van der Waals surface area contributed by atoms with E-state index in [1.165, 1.54) is 0 Å². The Morgan fingerprint density at radius 3 is 1.72 bits per heavy atom. The number of rotatable bonds is 12. The van der Waals surface area contributed by atoms with E-state index in [1.807, 2.05) is 0 Å². The Kier molecular flexibility index (Phi) is 8.95. The third-order valence-electron chi connectivity index (χ3n) is 2.75. The predicted molar refractivity (Wildman–Crippen MR) is 67.9 cm³/mol. The van der Waals surface area contributed by atoms with Gasteiger partial charge in [-0.1, -0.05) is 0 Å². The van der Waals surface area contributed by atoms with Gasteiger partial charge in [0.15, 0.2) is 0 Å². The van der Waals surface area contributed by atoms with Crippen LogP contribution in [-0.2, 0) is 34.8 Å². The average Bonchev–Trinajstić information content (AvgIpc) is 3.21. The zero-order valence-electron chi connectivity index (χ0n) is 12.1. The Morgan fingerprint density at radius 1 is 0.944 bits per heavy atom. The van der Waals surface area contributed by atoms with Gasteiger partial charge in [0.2, 0.25) is 0 Å². The molecule has 1 aliphatic heterocycles. The van der Waals surface area contributed by atoms with Crippen LogP contribution in [0.3, 0.4) is 0 Å². The van der Waals surface area contributed by atoms with Crippen molar-refractivity contribution in [1.29, 1.82) is 0 Å². The van der Waals surface area contributed by atoms with Crippen molar-refractivity contribution in [3.8, 4) is 0 Å². The van der Waals surface area contributed by atoms with Crippen LogP contribution in [0.2, 0.25) is 4.13 Å². The zero-order valence-corrected chi connectivity index (χ0v) is 14.5. The molecular formula is C13H28O4Zr. The van der Waals surface area contributed by atoms with Crippen LogP contribution in [0.15, 0.2) is 0 Å². The van der Waals surface area contributed by atoms with Crippen LogP contribution in [-0.4, -0.2) is 32.5 Å². The summed E-state index contributed by atoms with van der Waals surface area (Å²) in [5.74, 6) is 0. The van der Waals surface area contributed by atoms with E-state index in [4.69, 9.17) is 13.2 Å². The molecule has 0 aromatic heterocycles. The first-order valence-electron chi connectivity index (χ1n) is 7.29. The second-order valence-corrected chi connectivity index (χ2v) is 11.4. The fraction of sp³-hybridized carbons (Fsp3) is 1.00. The monoisotopic (exact) mass is 338 g/mol. The standard InChI is InChI=1S/C4H7O.3C3H7O.Zr/c1-2-4-3-5-4;3*1-2-3-4;/h4H,1-3H2;3*2-3H2,1H3;/q;3*-1;+3. The van der Waals surface area contributed by atoms with Crippen LogP contribution >= 0.6 is 0 Å². The Bertz CT molecular complexity index is 187. The van der Waals surface area contributed by atoms with Crippen molar-refractivity contribution >= 4 is 0 Å². The van der Waals surface area contributed by atoms with E-state index in [9.17, 15) is 0 Å². The van der Waals surface area contributed by atoms with Gasteiger partial charge in [-0.25, -0.2) is 0 Å². The first kappa shape index (κ1) is 16.8. The molecule has 1 saturated heterocycles. The summed E-state index contributed by atoms with van der Waals surface area (Å²) in [7, 11) is 0. The van der Waals surface area contributed by atoms with Gasteiger partial charge in [0.05, 0.1) is 0 Å². The Labute approximate surface area is 118 Å². The maximum absolute atomic E-state index is 6.07. The molecule has 0 aromatic rings. The van der Waals surface area contributed by atoms with Crippen LogP contribution < -0.4 is 0 Å². The quantitative estimate of drug-likeness (QED) is 0.511. The molecule has 0 amide bonds. The molecule has 1 atom stereocenters. The first-order chi connectivity index (χ1) is 8.76. The Hall–Kier alpha value is 0.723. The first-order valence-corrected chi connectivity index (χ1v) is 12.0. The summed E-state index contributed by atoms with van der Waals surface area (Å²) in [6.07, 6.45) is 4.52. The van der Waals surface area contributed by atoms with Gasteiger partial charge in [-0.05, 0) is 0 Å². The number of hydrogen-bond donors (Lipinski definition) is 0. The van der Waals surface area contributed by atoms with E-state index >= 15 is 0 Å². The fourth-order valence-corrected chi connectivity index (χ4v) is 8.82. The molecule has 0 spiro atoms. The third-order valence-corrected chi connectivity index (χ3v) is 9.72. The van der Waals surface area contributed by atoms with Crippen molar-refractivity contribution in [3.05, 3.63) is 0 Å². The molecule has 18 heavy (non-hydrogen) atoms. The summed E-state index contributed by atoms with van der Waals surface area (Å²) in [6, 6.07) is 0. The zero-order chi connectivity index (χ0) is 13.3. The van der Waals surface area contributed by atoms with E-state index in [-0.39, 0.29) is 0 Å². The van der Waals surface area contributed by atoms with Crippen LogP contribution in [0, 0.1) is 0 Å². The SMILES string of the molecule is CCC[O][Zr]([CH2]CC1CO1)([O]CCC)[O]CCC. The molecule has 0 N–H and O–H groups in total. The number of hydrogen-bond acceptors (Lipinski definition) is 4. The molecule has 1 unspecified atom stereocenters. The van der Waals surface area contributed by atoms with Gasteiger partial charge < -0.3 is 0 Å². The fourth-order valence-electron chi connectivity index (χ4n) is 1.69. The third kappa shape index (κ3) is 6.76. The van der Waals surface area contributed by atoms with Gasteiger partial charge in [0.1, 0.15) is 0 Å². The number of epoxide rings is 1. The van der Waals surface area contributed by atoms with Crippen molar-refractivity contribution in [2.75, 3.05) is 26.4 Å². The van der Waals surface area contributed by atoms with Crippen LogP contribution in [0.4, 0.5) is 0 Å².